The van der Waals surface area contributed by atoms with Crippen LogP contribution in [0.1, 0.15) is 24.4 Å². The van der Waals surface area contributed by atoms with E-state index in [1.54, 1.807) is 7.11 Å². The quantitative estimate of drug-likeness (QED) is 0.558. The van der Waals surface area contributed by atoms with Crippen molar-refractivity contribution >= 4 is 5.91 Å². The zero-order valence-electron chi connectivity index (χ0n) is 16.3. The summed E-state index contributed by atoms with van der Waals surface area (Å²) in [4.78, 5) is 13.8. The van der Waals surface area contributed by atoms with E-state index >= 15 is 0 Å². The van der Waals surface area contributed by atoms with Crippen molar-refractivity contribution in [2.24, 2.45) is 5.73 Å². The highest BCUT2D eigenvalue weighted by atomic mass is 16.5. The van der Waals surface area contributed by atoms with Crippen molar-refractivity contribution in [3.63, 3.8) is 0 Å². The van der Waals surface area contributed by atoms with Crippen molar-refractivity contribution in [3.05, 3.63) is 48.7 Å². The molecule has 150 valence electrons. The Hall–Kier alpha value is -2.64. The molecule has 0 radical (unpaired) electrons. The van der Waals surface area contributed by atoms with Gasteiger partial charge < -0.3 is 20.1 Å². The Morgan fingerprint density at radius 2 is 2.14 bits per heavy atom. The third-order valence-corrected chi connectivity index (χ3v) is 4.97. The number of amides is 1. The van der Waals surface area contributed by atoms with Crippen LogP contribution in [0.15, 0.2) is 43.1 Å². The van der Waals surface area contributed by atoms with Gasteiger partial charge in [0.15, 0.2) is 0 Å². The van der Waals surface area contributed by atoms with Gasteiger partial charge in [-0.05, 0) is 43.2 Å². The van der Waals surface area contributed by atoms with Crippen LogP contribution in [0.4, 0.5) is 0 Å². The van der Waals surface area contributed by atoms with Crippen LogP contribution in [0, 0.1) is 0 Å². The largest absolute Gasteiger partial charge is 0.491 e. The van der Waals surface area contributed by atoms with Crippen LogP contribution in [0.3, 0.4) is 0 Å². The minimum Gasteiger partial charge on any atom is -0.491 e. The van der Waals surface area contributed by atoms with Crippen molar-refractivity contribution in [2.75, 3.05) is 33.4 Å². The number of rotatable bonds is 8. The first-order valence-corrected chi connectivity index (χ1v) is 9.58. The lowest BCUT2D eigenvalue weighted by molar-refractivity contribution is -0.127. The van der Waals surface area contributed by atoms with E-state index in [9.17, 15) is 4.79 Å². The highest BCUT2D eigenvalue weighted by Gasteiger charge is 2.25. The lowest BCUT2D eigenvalue weighted by Gasteiger charge is -2.32. The van der Waals surface area contributed by atoms with E-state index in [0.717, 1.165) is 42.0 Å². The molecule has 0 saturated carbocycles. The number of likely N-dealkylation sites (tertiary alicyclic amines) is 1. The van der Waals surface area contributed by atoms with E-state index in [4.69, 9.17) is 20.3 Å². The molecule has 28 heavy (non-hydrogen) atoms. The van der Waals surface area contributed by atoms with Crippen LogP contribution in [-0.2, 0) is 16.1 Å². The van der Waals surface area contributed by atoms with Gasteiger partial charge >= 0.3 is 0 Å². The number of nitrogens with two attached hydrogens (primary N) is 1. The number of aromatic nitrogens is 2. The van der Waals surface area contributed by atoms with Crippen LogP contribution < -0.4 is 10.5 Å². The van der Waals surface area contributed by atoms with E-state index in [2.05, 4.69) is 6.58 Å². The van der Waals surface area contributed by atoms with Crippen LogP contribution >= 0.6 is 0 Å². The predicted octanol–water partition coefficient (Wildman–Crippen LogP) is 2.38. The minimum absolute atomic E-state index is 0.0276. The highest BCUT2D eigenvalue weighted by Crippen LogP contribution is 2.28. The average Bonchev–Trinajstić information content (AvgIpc) is 3.18. The standard InChI is InChI=1S/C21H28N4O3/c1-3-20(26)24-10-4-5-18(15-24)25-14-17(13-22)21(23-25)16-6-8-19(9-7-16)28-12-11-27-2/h3,6-9,14,18H,1,4-5,10-13,15,22H2,2H3/t18-/m1/s1. The summed E-state index contributed by atoms with van der Waals surface area (Å²) in [6.45, 7) is 6.47. The second kappa shape index (κ2) is 9.52. The summed E-state index contributed by atoms with van der Waals surface area (Å²) >= 11 is 0. The number of piperidine rings is 1. The lowest BCUT2D eigenvalue weighted by atomic mass is 10.1. The van der Waals surface area contributed by atoms with E-state index < -0.39 is 0 Å². The van der Waals surface area contributed by atoms with Gasteiger partial charge in [-0.2, -0.15) is 5.10 Å². The fourth-order valence-corrected chi connectivity index (χ4v) is 3.46. The number of methoxy groups -OCH3 is 1. The second-order valence-electron chi connectivity index (χ2n) is 6.84. The maximum Gasteiger partial charge on any atom is 0.246 e. The van der Waals surface area contributed by atoms with Crippen LogP contribution in [0.5, 0.6) is 5.75 Å². The van der Waals surface area contributed by atoms with Crippen LogP contribution in [0.2, 0.25) is 0 Å². The molecule has 0 aliphatic carbocycles. The molecule has 1 atom stereocenters. The number of ether oxygens (including phenoxy) is 2. The molecule has 7 nitrogen and oxygen atoms in total. The van der Waals surface area contributed by atoms with Gasteiger partial charge in [0.2, 0.25) is 5.91 Å². The molecule has 1 fully saturated rings. The number of hydrogen-bond acceptors (Lipinski definition) is 5. The molecule has 1 saturated heterocycles. The van der Waals surface area contributed by atoms with Gasteiger partial charge in [0.05, 0.1) is 18.3 Å². The Labute approximate surface area is 165 Å². The van der Waals surface area contributed by atoms with Crippen molar-refractivity contribution in [1.29, 1.82) is 0 Å². The topological polar surface area (TPSA) is 82.6 Å². The SMILES string of the molecule is C=CC(=O)N1CCC[C@@H](n2cc(CN)c(-c3ccc(OCCOC)cc3)n2)C1. The molecule has 3 rings (SSSR count). The van der Waals surface area contributed by atoms with Gasteiger partial charge in [0.25, 0.3) is 0 Å². The molecule has 0 bridgehead atoms. The molecule has 7 heteroatoms. The number of nitrogens with zero attached hydrogens (tertiary/aromatic N) is 3. The summed E-state index contributed by atoms with van der Waals surface area (Å²) in [6.07, 6.45) is 5.31. The molecular formula is C21H28N4O3. The van der Waals surface area contributed by atoms with Gasteiger partial charge in [-0.1, -0.05) is 6.58 Å². The van der Waals surface area contributed by atoms with Gasteiger partial charge in [-0.3, -0.25) is 9.48 Å². The molecule has 0 spiro atoms. The summed E-state index contributed by atoms with van der Waals surface area (Å²) in [6, 6.07) is 7.98. The predicted molar refractivity (Wildman–Crippen MR) is 108 cm³/mol. The lowest BCUT2D eigenvalue weighted by Crippen LogP contribution is -2.40. The van der Waals surface area contributed by atoms with Crippen molar-refractivity contribution in [2.45, 2.75) is 25.4 Å². The first-order valence-electron chi connectivity index (χ1n) is 9.58. The normalized spacial score (nSPS) is 16.8. The van der Waals surface area contributed by atoms with Gasteiger partial charge in [-0.15, -0.1) is 0 Å². The summed E-state index contributed by atoms with van der Waals surface area (Å²) in [7, 11) is 1.65. The zero-order valence-corrected chi connectivity index (χ0v) is 16.3. The van der Waals surface area contributed by atoms with Crippen molar-refractivity contribution in [1.82, 2.24) is 14.7 Å². The zero-order chi connectivity index (χ0) is 19.9. The number of benzene rings is 1. The molecule has 1 aliphatic heterocycles. The van der Waals surface area contributed by atoms with Gasteiger partial charge in [-0.25, -0.2) is 0 Å². The Bertz CT molecular complexity index is 800. The molecule has 1 aliphatic rings. The molecule has 1 amide bonds. The first kappa shape index (κ1) is 20.1. The molecule has 1 aromatic carbocycles. The second-order valence-corrected chi connectivity index (χ2v) is 6.84. The summed E-state index contributed by atoms with van der Waals surface area (Å²) < 4.78 is 12.6. The number of hydrogen-bond donors (Lipinski definition) is 1. The third kappa shape index (κ3) is 4.61. The number of carbonyl (C=O) groups is 1. The maximum atomic E-state index is 12.0. The monoisotopic (exact) mass is 384 g/mol. The number of carbonyl (C=O) groups excluding carboxylic acids is 1. The van der Waals surface area contributed by atoms with E-state index in [1.807, 2.05) is 40.0 Å². The minimum atomic E-state index is -0.0276. The van der Waals surface area contributed by atoms with Crippen LogP contribution in [-0.4, -0.2) is 54.0 Å². The smallest absolute Gasteiger partial charge is 0.246 e. The maximum absolute atomic E-state index is 12.0. The molecular weight excluding hydrogens is 356 g/mol. The summed E-state index contributed by atoms with van der Waals surface area (Å²) in [5.41, 5.74) is 8.82. The van der Waals surface area contributed by atoms with Crippen LogP contribution in [0.25, 0.3) is 11.3 Å². The Morgan fingerprint density at radius 1 is 1.36 bits per heavy atom. The van der Waals surface area contributed by atoms with E-state index in [-0.39, 0.29) is 11.9 Å². The Morgan fingerprint density at radius 3 is 2.82 bits per heavy atom. The van der Waals surface area contributed by atoms with E-state index in [0.29, 0.717) is 26.3 Å². The van der Waals surface area contributed by atoms with Gasteiger partial charge in [0, 0.05) is 44.1 Å². The van der Waals surface area contributed by atoms with Crippen molar-refractivity contribution < 1.29 is 14.3 Å². The average molecular weight is 384 g/mol. The third-order valence-electron chi connectivity index (χ3n) is 4.97. The summed E-state index contributed by atoms with van der Waals surface area (Å²) in [5, 5.41) is 4.81. The summed E-state index contributed by atoms with van der Waals surface area (Å²) in [5.74, 6) is 0.764. The van der Waals surface area contributed by atoms with E-state index in [1.165, 1.54) is 6.08 Å². The first-order chi connectivity index (χ1) is 13.7. The molecule has 2 N–H and O–H groups in total. The highest BCUT2D eigenvalue weighted by molar-refractivity contribution is 5.87. The Kier molecular flexibility index (Phi) is 6.84. The van der Waals surface area contributed by atoms with Gasteiger partial charge in [0.1, 0.15) is 12.4 Å². The molecule has 2 aromatic rings. The Balaban J connectivity index is 1.77. The molecule has 0 unspecified atom stereocenters. The fraction of sp³-hybridized carbons (Fsp3) is 0.429. The van der Waals surface area contributed by atoms with Crippen molar-refractivity contribution in [3.8, 4) is 17.0 Å². The molecule has 2 heterocycles. The molecule has 1 aromatic heterocycles. The fourth-order valence-electron chi connectivity index (χ4n) is 3.46.